The van der Waals surface area contributed by atoms with Crippen molar-refractivity contribution >= 4 is 17.7 Å². The molecule has 0 radical (unpaired) electrons. The first-order valence-electron chi connectivity index (χ1n) is 9.14. The molecule has 2 atom stereocenters. The van der Waals surface area contributed by atoms with Crippen molar-refractivity contribution in [3.63, 3.8) is 0 Å². The van der Waals surface area contributed by atoms with Crippen LogP contribution in [0.25, 0.3) is 0 Å². The first-order valence-corrected chi connectivity index (χ1v) is 9.14. The fraction of sp³-hybridized carbons (Fsp3) is 0.333. The van der Waals surface area contributed by atoms with Crippen LogP contribution in [0.1, 0.15) is 30.6 Å². The normalized spacial score (nSPS) is 17.9. The molecule has 1 aliphatic rings. The van der Waals surface area contributed by atoms with E-state index in [1.807, 2.05) is 37.3 Å². The van der Waals surface area contributed by atoms with E-state index in [4.69, 9.17) is 19.3 Å². The summed E-state index contributed by atoms with van der Waals surface area (Å²) in [7, 11) is 0. The highest BCUT2D eigenvalue weighted by molar-refractivity contribution is 5.85. The number of carboxylic acids is 1. The molecule has 0 saturated heterocycles. The number of aliphatic carboxylic acids is 1. The molecule has 2 N–H and O–H groups in total. The van der Waals surface area contributed by atoms with Gasteiger partial charge in [0.15, 0.2) is 0 Å². The highest BCUT2D eigenvalue weighted by Gasteiger charge is 2.33. The van der Waals surface area contributed by atoms with Gasteiger partial charge < -0.3 is 19.3 Å². The summed E-state index contributed by atoms with van der Waals surface area (Å²) in [5.74, 6) is -0.575. The number of rotatable bonds is 7. The molecule has 0 fully saturated rings. The molecule has 2 unspecified atom stereocenters. The summed E-state index contributed by atoms with van der Waals surface area (Å²) in [6.45, 7) is 2.74. The van der Waals surface area contributed by atoms with Gasteiger partial charge in [0, 0.05) is 23.8 Å². The van der Waals surface area contributed by atoms with E-state index in [1.165, 1.54) is 0 Å². The minimum atomic E-state index is -0.902. The van der Waals surface area contributed by atoms with Crippen molar-refractivity contribution in [3.05, 3.63) is 59.7 Å². The predicted molar refractivity (Wildman–Crippen MR) is 102 cm³/mol. The molecule has 0 saturated carbocycles. The summed E-state index contributed by atoms with van der Waals surface area (Å²) in [4.78, 5) is 23.2. The van der Waals surface area contributed by atoms with E-state index < -0.39 is 18.2 Å². The Labute approximate surface area is 163 Å². The Bertz CT molecular complexity index is 823. The number of ether oxygens (including phenoxy) is 3. The lowest BCUT2D eigenvalue weighted by Crippen LogP contribution is -2.30. The summed E-state index contributed by atoms with van der Waals surface area (Å²) in [5, 5.41) is 11.8. The van der Waals surface area contributed by atoms with Crippen LogP contribution >= 0.6 is 0 Å². The number of hydrogen-bond acceptors (Lipinski definition) is 5. The van der Waals surface area contributed by atoms with Gasteiger partial charge in [0.2, 0.25) is 0 Å². The molecule has 7 nitrogen and oxygen atoms in total. The molecule has 7 heteroatoms. The molecule has 2 aromatic carbocycles. The van der Waals surface area contributed by atoms with Gasteiger partial charge in [-0.25, -0.2) is 4.79 Å². The minimum absolute atomic E-state index is 0.0547. The molecular formula is C21H23NO6. The summed E-state index contributed by atoms with van der Waals surface area (Å²) in [6, 6.07) is 14.6. The average molecular weight is 385 g/mol. The lowest BCUT2D eigenvalue weighted by Gasteiger charge is -2.33. The third-order valence-corrected chi connectivity index (χ3v) is 4.44. The lowest BCUT2D eigenvalue weighted by molar-refractivity contribution is -0.140. The number of amides is 1. The molecule has 148 valence electrons. The van der Waals surface area contributed by atoms with Crippen molar-refractivity contribution in [1.82, 2.24) is 0 Å². The Hall–Kier alpha value is -3.06. The van der Waals surface area contributed by atoms with Gasteiger partial charge >= 0.3 is 12.1 Å². The third-order valence-electron chi connectivity index (χ3n) is 4.44. The van der Waals surface area contributed by atoms with E-state index in [9.17, 15) is 9.59 Å². The van der Waals surface area contributed by atoms with Crippen molar-refractivity contribution in [2.45, 2.75) is 26.1 Å². The molecule has 28 heavy (non-hydrogen) atoms. The van der Waals surface area contributed by atoms with Crippen molar-refractivity contribution in [2.24, 2.45) is 5.92 Å². The first kappa shape index (κ1) is 19.7. The maximum absolute atomic E-state index is 12.1. The molecular weight excluding hydrogens is 362 g/mol. The second kappa shape index (κ2) is 9.23. The monoisotopic (exact) mass is 385 g/mol. The van der Waals surface area contributed by atoms with Crippen LogP contribution < -0.4 is 10.1 Å². The Kier molecular flexibility index (Phi) is 6.49. The van der Waals surface area contributed by atoms with Crippen LogP contribution in [-0.2, 0) is 20.9 Å². The van der Waals surface area contributed by atoms with Gasteiger partial charge in [-0.1, -0.05) is 30.3 Å². The van der Waals surface area contributed by atoms with E-state index in [1.54, 1.807) is 18.2 Å². The Balaban J connectivity index is 1.69. The van der Waals surface area contributed by atoms with Crippen molar-refractivity contribution < 1.29 is 28.9 Å². The van der Waals surface area contributed by atoms with Crippen molar-refractivity contribution in [3.8, 4) is 5.75 Å². The molecule has 3 rings (SSSR count). The first-order chi connectivity index (χ1) is 13.6. The lowest BCUT2D eigenvalue weighted by atomic mass is 9.90. The molecule has 0 aromatic heterocycles. The summed E-state index contributed by atoms with van der Waals surface area (Å²) >= 11 is 0. The molecule has 0 aliphatic carbocycles. The summed E-state index contributed by atoms with van der Waals surface area (Å²) in [5.41, 5.74) is 2.14. The van der Waals surface area contributed by atoms with Crippen LogP contribution in [0, 0.1) is 5.92 Å². The number of carbonyl (C=O) groups is 2. The Morgan fingerprint density at radius 3 is 2.71 bits per heavy atom. The number of fused-ring (bicyclic) bond motifs is 1. The number of carboxylic acid groups (broad SMARTS) is 1. The SMILES string of the molecule is CCOC1c2cc(NC(=O)OCc3ccccc3)ccc2OCC1CC(=O)O. The number of benzene rings is 2. The zero-order valence-corrected chi connectivity index (χ0v) is 15.6. The zero-order chi connectivity index (χ0) is 19.9. The fourth-order valence-corrected chi connectivity index (χ4v) is 3.19. The number of carbonyl (C=O) groups excluding carboxylic acids is 1. The van der Waals surface area contributed by atoms with Crippen LogP contribution in [0.3, 0.4) is 0 Å². The highest BCUT2D eigenvalue weighted by atomic mass is 16.5. The summed E-state index contributed by atoms with van der Waals surface area (Å²) < 4.78 is 16.7. The highest BCUT2D eigenvalue weighted by Crippen LogP contribution is 2.40. The van der Waals surface area contributed by atoms with Crippen molar-refractivity contribution in [1.29, 1.82) is 0 Å². The predicted octanol–water partition coefficient (Wildman–Crippen LogP) is 4.00. The summed E-state index contributed by atoms with van der Waals surface area (Å²) in [6.07, 6.45) is -1.04. The molecule has 1 aliphatic heterocycles. The molecule has 2 aromatic rings. The zero-order valence-electron chi connectivity index (χ0n) is 15.6. The van der Waals surface area contributed by atoms with Gasteiger partial charge in [-0.15, -0.1) is 0 Å². The van der Waals surface area contributed by atoms with Crippen molar-refractivity contribution in [2.75, 3.05) is 18.5 Å². The minimum Gasteiger partial charge on any atom is -0.493 e. The quantitative estimate of drug-likeness (QED) is 0.748. The third kappa shape index (κ3) is 5.01. The van der Waals surface area contributed by atoms with Gasteiger partial charge in [-0.2, -0.15) is 0 Å². The van der Waals surface area contributed by atoms with Gasteiger partial charge in [-0.05, 0) is 30.7 Å². The molecule has 0 spiro atoms. The van der Waals surface area contributed by atoms with Crippen LogP contribution in [0.15, 0.2) is 48.5 Å². The smallest absolute Gasteiger partial charge is 0.411 e. The molecule has 1 heterocycles. The van der Waals surface area contributed by atoms with Crippen LogP contribution in [0.5, 0.6) is 5.75 Å². The number of hydrogen-bond donors (Lipinski definition) is 2. The Morgan fingerprint density at radius 1 is 1.21 bits per heavy atom. The second-order valence-electron chi connectivity index (χ2n) is 6.48. The Morgan fingerprint density at radius 2 is 2.00 bits per heavy atom. The standard InChI is InChI=1S/C21H23NO6/c1-2-26-20-15(10-19(23)24)13-27-18-9-8-16(11-17(18)20)22-21(25)28-12-14-6-4-3-5-7-14/h3-9,11,15,20H,2,10,12-13H2,1H3,(H,22,25)(H,23,24). The van der Waals surface area contributed by atoms with Gasteiger partial charge in [0.25, 0.3) is 0 Å². The van der Waals surface area contributed by atoms with E-state index in [2.05, 4.69) is 5.32 Å². The topological polar surface area (TPSA) is 94.1 Å². The van der Waals surface area contributed by atoms with Gasteiger partial charge in [-0.3, -0.25) is 10.1 Å². The van der Waals surface area contributed by atoms with E-state index in [-0.39, 0.29) is 25.6 Å². The van der Waals surface area contributed by atoms with Gasteiger partial charge in [0.1, 0.15) is 12.4 Å². The van der Waals surface area contributed by atoms with Crippen LogP contribution in [-0.4, -0.2) is 30.4 Å². The van der Waals surface area contributed by atoms with E-state index >= 15 is 0 Å². The van der Waals surface area contributed by atoms with Gasteiger partial charge in [0.05, 0.1) is 19.1 Å². The number of nitrogens with one attached hydrogen (secondary N) is 1. The van der Waals surface area contributed by atoms with Crippen LogP contribution in [0.4, 0.5) is 10.5 Å². The second-order valence-corrected chi connectivity index (χ2v) is 6.48. The number of anilines is 1. The van der Waals surface area contributed by atoms with Crippen LogP contribution in [0.2, 0.25) is 0 Å². The molecule has 0 bridgehead atoms. The van der Waals surface area contributed by atoms with E-state index in [0.717, 1.165) is 11.1 Å². The maximum Gasteiger partial charge on any atom is 0.411 e. The fourth-order valence-electron chi connectivity index (χ4n) is 3.19. The largest absolute Gasteiger partial charge is 0.493 e. The molecule has 1 amide bonds. The van der Waals surface area contributed by atoms with E-state index in [0.29, 0.717) is 18.0 Å². The maximum atomic E-state index is 12.1. The average Bonchev–Trinajstić information content (AvgIpc) is 2.69.